The van der Waals surface area contributed by atoms with Gasteiger partial charge in [0.2, 0.25) is 0 Å². The summed E-state index contributed by atoms with van der Waals surface area (Å²) in [4.78, 5) is 11.0. The first kappa shape index (κ1) is 8.54. The molecule has 0 aromatic carbocycles. The normalized spacial score (nSPS) is 24.7. The fourth-order valence-electron chi connectivity index (χ4n) is 1.94. The monoisotopic (exact) mass is 178 g/mol. The summed E-state index contributed by atoms with van der Waals surface area (Å²) in [6.45, 7) is 2.07. The van der Waals surface area contributed by atoms with Crippen molar-refractivity contribution in [2.45, 2.75) is 32.6 Å². The summed E-state index contributed by atoms with van der Waals surface area (Å²) in [5.41, 5.74) is 1.86. The predicted octanol–water partition coefficient (Wildman–Crippen LogP) is 2.52. The van der Waals surface area contributed by atoms with Gasteiger partial charge in [-0.25, -0.2) is 0 Å². The topological polar surface area (TPSA) is 37.3 Å². The van der Waals surface area contributed by atoms with Crippen molar-refractivity contribution in [3.05, 3.63) is 23.3 Å². The number of hydrogen-bond acceptors (Lipinski definition) is 1. The molecule has 0 aromatic rings. The van der Waals surface area contributed by atoms with E-state index in [1.807, 2.05) is 0 Å². The second kappa shape index (κ2) is 2.72. The van der Waals surface area contributed by atoms with Crippen LogP contribution in [0.4, 0.5) is 0 Å². The molecule has 70 valence electrons. The molecule has 0 saturated heterocycles. The van der Waals surface area contributed by atoms with E-state index >= 15 is 0 Å². The lowest BCUT2D eigenvalue weighted by Gasteiger charge is -2.16. The van der Waals surface area contributed by atoms with Gasteiger partial charge in [0.05, 0.1) is 5.41 Å². The Hall–Kier alpha value is -1.05. The average molecular weight is 178 g/mol. The molecule has 2 heteroatoms. The van der Waals surface area contributed by atoms with Crippen LogP contribution in [-0.4, -0.2) is 11.1 Å². The molecule has 0 radical (unpaired) electrons. The lowest BCUT2D eigenvalue weighted by molar-refractivity contribution is -0.141. The van der Waals surface area contributed by atoms with Crippen LogP contribution >= 0.6 is 0 Å². The van der Waals surface area contributed by atoms with Crippen LogP contribution in [-0.2, 0) is 4.79 Å². The summed E-state index contributed by atoms with van der Waals surface area (Å²) in [5.74, 6) is -0.648. The van der Waals surface area contributed by atoms with Crippen LogP contribution in [0.1, 0.15) is 32.6 Å². The van der Waals surface area contributed by atoms with Crippen molar-refractivity contribution in [2.24, 2.45) is 5.41 Å². The summed E-state index contributed by atoms with van der Waals surface area (Å²) in [6, 6.07) is 0. The van der Waals surface area contributed by atoms with Gasteiger partial charge in [-0.15, -0.1) is 0 Å². The Morgan fingerprint density at radius 1 is 1.54 bits per heavy atom. The quantitative estimate of drug-likeness (QED) is 0.705. The van der Waals surface area contributed by atoms with E-state index < -0.39 is 11.4 Å². The van der Waals surface area contributed by atoms with Gasteiger partial charge in [0.15, 0.2) is 0 Å². The van der Waals surface area contributed by atoms with Crippen molar-refractivity contribution in [1.82, 2.24) is 0 Å². The van der Waals surface area contributed by atoms with E-state index in [4.69, 9.17) is 5.11 Å². The molecule has 0 atom stereocenters. The predicted molar refractivity (Wildman–Crippen MR) is 50.4 cm³/mol. The standard InChI is InChI=1S/C11H14O2/c1-8-3-2-4-9(7-8)11(5-6-11)10(12)13/h4,7H,2-3,5-6H2,1H3,(H,12,13). The van der Waals surface area contributed by atoms with Gasteiger partial charge in [0.1, 0.15) is 0 Å². The lowest BCUT2D eigenvalue weighted by atomic mass is 9.89. The maximum absolute atomic E-state index is 11.0. The minimum absolute atomic E-state index is 0.498. The van der Waals surface area contributed by atoms with Crippen LogP contribution in [0.5, 0.6) is 0 Å². The fraction of sp³-hybridized carbons (Fsp3) is 0.545. The van der Waals surface area contributed by atoms with Crippen molar-refractivity contribution in [1.29, 1.82) is 0 Å². The Bertz CT molecular complexity index is 306. The van der Waals surface area contributed by atoms with E-state index in [9.17, 15) is 4.79 Å². The summed E-state index contributed by atoms with van der Waals surface area (Å²) < 4.78 is 0. The van der Waals surface area contributed by atoms with Gasteiger partial charge in [-0.1, -0.05) is 17.7 Å². The van der Waals surface area contributed by atoms with Crippen molar-refractivity contribution >= 4 is 5.97 Å². The number of carbonyl (C=O) groups is 1. The molecule has 2 aliphatic carbocycles. The van der Waals surface area contributed by atoms with Crippen molar-refractivity contribution in [2.75, 3.05) is 0 Å². The van der Waals surface area contributed by atoms with Crippen molar-refractivity contribution in [3.8, 4) is 0 Å². The van der Waals surface area contributed by atoms with Crippen LogP contribution in [0, 0.1) is 5.41 Å². The molecule has 0 aromatic heterocycles. The first-order valence-corrected chi connectivity index (χ1v) is 4.76. The van der Waals surface area contributed by atoms with Crippen LogP contribution in [0.2, 0.25) is 0 Å². The molecule has 0 aliphatic heterocycles. The fourth-order valence-corrected chi connectivity index (χ4v) is 1.94. The van der Waals surface area contributed by atoms with Gasteiger partial charge in [-0.3, -0.25) is 4.79 Å². The molecule has 2 aliphatic rings. The Morgan fingerprint density at radius 3 is 2.69 bits per heavy atom. The van der Waals surface area contributed by atoms with Gasteiger partial charge >= 0.3 is 5.97 Å². The molecular formula is C11H14O2. The summed E-state index contributed by atoms with van der Waals surface area (Å²) >= 11 is 0. The molecule has 0 unspecified atom stereocenters. The number of rotatable bonds is 2. The van der Waals surface area contributed by atoms with Gasteiger partial charge in [-0.05, 0) is 38.2 Å². The molecule has 2 nitrogen and oxygen atoms in total. The minimum atomic E-state index is -0.648. The molecule has 2 rings (SSSR count). The van der Waals surface area contributed by atoms with E-state index in [1.54, 1.807) is 0 Å². The number of allylic oxidation sites excluding steroid dienone is 3. The van der Waals surface area contributed by atoms with Crippen LogP contribution < -0.4 is 0 Å². The second-order valence-electron chi connectivity index (χ2n) is 4.08. The first-order chi connectivity index (χ1) is 6.15. The minimum Gasteiger partial charge on any atom is -0.481 e. The number of aliphatic carboxylic acids is 1. The second-order valence-corrected chi connectivity index (χ2v) is 4.08. The van der Waals surface area contributed by atoms with E-state index in [2.05, 4.69) is 19.1 Å². The Labute approximate surface area is 78.0 Å². The van der Waals surface area contributed by atoms with Gasteiger partial charge in [-0.2, -0.15) is 0 Å². The maximum Gasteiger partial charge on any atom is 0.314 e. The highest BCUT2D eigenvalue weighted by atomic mass is 16.4. The molecule has 0 bridgehead atoms. The highest BCUT2D eigenvalue weighted by Crippen LogP contribution is 2.53. The first-order valence-electron chi connectivity index (χ1n) is 4.76. The number of carboxylic acids is 1. The lowest BCUT2D eigenvalue weighted by Crippen LogP contribution is -2.17. The van der Waals surface area contributed by atoms with E-state index in [-0.39, 0.29) is 0 Å². The Morgan fingerprint density at radius 2 is 2.23 bits per heavy atom. The SMILES string of the molecule is CC1=CC(C2(C(=O)O)CC2)=CCC1. The highest BCUT2D eigenvalue weighted by Gasteiger charge is 2.52. The third-order valence-corrected chi connectivity index (χ3v) is 3.02. The Kier molecular flexibility index (Phi) is 1.79. The van der Waals surface area contributed by atoms with Gasteiger partial charge in [0.25, 0.3) is 0 Å². The highest BCUT2D eigenvalue weighted by molar-refractivity contribution is 5.83. The molecule has 0 heterocycles. The van der Waals surface area contributed by atoms with Crippen LogP contribution in [0.25, 0.3) is 0 Å². The molecule has 13 heavy (non-hydrogen) atoms. The van der Waals surface area contributed by atoms with Gasteiger partial charge in [0, 0.05) is 0 Å². The third kappa shape index (κ3) is 1.30. The largest absolute Gasteiger partial charge is 0.481 e. The smallest absolute Gasteiger partial charge is 0.314 e. The average Bonchev–Trinajstić information content (AvgIpc) is 2.83. The summed E-state index contributed by atoms with van der Waals surface area (Å²) in [7, 11) is 0. The van der Waals surface area contributed by atoms with E-state index in [0.717, 1.165) is 31.3 Å². The molecular weight excluding hydrogens is 164 g/mol. The van der Waals surface area contributed by atoms with Crippen molar-refractivity contribution < 1.29 is 9.90 Å². The zero-order valence-electron chi connectivity index (χ0n) is 7.84. The van der Waals surface area contributed by atoms with Crippen molar-refractivity contribution in [3.63, 3.8) is 0 Å². The molecule has 1 saturated carbocycles. The zero-order chi connectivity index (χ0) is 9.47. The Balaban J connectivity index is 2.27. The number of carboxylic acid groups (broad SMARTS) is 1. The maximum atomic E-state index is 11.0. The molecule has 0 amide bonds. The molecule has 0 spiro atoms. The van der Waals surface area contributed by atoms with E-state index in [1.165, 1.54) is 5.57 Å². The molecule has 1 fully saturated rings. The third-order valence-electron chi connectivity index (χ3n) is 3.02. The van der Waals surface area contributed by atoms with Crippen LogP contribution in [0.3, 0.4) is 0 Å². The summed E-state index contributed by atoms with van der Waals surface area (Å²) in [5, 5.41) is 9.07. The van der Waals surface area contributed by atoms with Crippen LogP contribution in [0.15, 0.2) is 23.3 Å². The molecule has 1 N–H and O–H groups in total. The number of hydrogen-bond donors (Lipinski definition) is 1. The van der Waals surface area contributed by atoms with E-state index in [0.29, 0.717) is 0 Å². The van der Waals surface area contributed by atoms with Gasteiger partial charge < -0.3 is 5.11 Å². The zero-order valence-corrected chi connectivity index (χ0v) is 7.84. The summed E-state index contributed by atoms with van der Waals surface area (Å²) in [6.07, 6.45) is 7.88.